The predicted molar refractivity (Wildman–Crippen MR) is 77.8 cm³/mol. The molecule has 0 fully saturated rings. The molecule has 1 atom stereocenters. The average molecular weight is 326 g/mol. The third-order valence-corrected chi connectivity index (χ3v) is 5.18. The van der Waals surface area contributed by atoms with Gasteiger partial charge in [-0.25, -0.2) is 0 Å². The summed E-state index contributed by atoms with van der Waals surface area (Å²) < 4.78 is 6.97. The summed E-state index contributed by atoms with van der Waals surface area (Å²) in [6, 6.07) is 18.5. The van der Waals surface area contributed by atoms with E-state index >= 15 is 0 Å². The molecule has 2 aromatic rings. The molecule has 0 aliphatic rings. The van der Waals surface area contributed by atoms with Crippen molar-refractivity contribution < 1.29 is 4.74 Å². The standard InChI is InChI=1S/C15H15ClOSe/c1-17-15(12-7-9-13(16)10-8-12)11-18-14-5-3-2-4-6-14/h2-10,15H,11H2,1H3. The fourth-order valence-corrected chi connectivity index (χ4v) is 3.94. The van der Waals surface area contributed by atoms with E-state index in [2.05, 4.69) is 24.3 Å². The van der Waals surface area contributed by atoms with E-state index in [1.54, 1.807) is 7.11 Å². The first-order chi connectivity index (χ1) is 8.79. The van der Waals surface area contributed by atoms with Gasteiger partial charge in [-0.15, -0.1) is 0 Å². The Kier molecular flexibility index (Phi) is 5.27. The van der Waals surface area contributed by atoms with Crippen LogP contribution in [-0.2, 0) is 4.74 Å². The summed E-state index contributed by atoms with van der Waals surface area (Å²) in [5, 5.41) is 1.80. The summed E-state index contributed by atoms with van der Waals surface area (Å²) in [4.78, 5) is 0. The quantitative estimate of drug-likeness (QED) is 0.765. The second kappa shape index (κ2) is 6.96. The van der Waals surface area contributed by atoms with Crippen LogP contribution in [0.3, 0.4) is 0 Å². The molecule has 3 heteroatoms. The van der Waals surface area contributed by atoms with Gasteiger partial charge in [0.05, 0.1) is 0 Å². The summed E-state index contributed by atoms with van der Waals surface area (Å²) in [6.45, 7) is 0. The molecule has 1 unspecified atom stereocenters. The van der Waals surface area contributed by atoms with Crippen molar-refractivity contribution in [1.82, 2.24) is 0 Å². The van der Waals surface area contributed by atoms with Gasteiger partial charge in [-0.05, 0) is 0 Å². The summed E-state index contributed by atoms with van der Waals surface area (Å²) in [5.74, 6) is 0. The predicted octanol–water partition coefficient (Wildman–Crippen LogP) is 3.48. The number of hydrogen-bond donors (Lipinski definition) is 0. The molecule has 1 nitrogen and oxygen atoms in total. The minimum absolute atomic E-state index is 0.155. The maximum absolute atomic E-state index is 5.90. The first-order valence-electron chi connectivity index (χ1n) is 5.75. The van der Waals surface area contributed by atoms with Crippen LogP contribution >= 0.6 is 11.6 Å². The molecule has 0 spiro atoms. The zero-order valence-electron chi connectivity index (χ0n) is 10.2. The fourth-order valence-electron chi connectivity index (χ4n) is 1.67. The van der Waals surface area contributed by atoms with Crippen molar-refractivity contribution in [3.63, 3.8) is 0 Å². The molecule has 0 bridgehead atoms. The van der Waals surface area contributed by atoms with Crippen LogP contribution in [0.25, 0.3) is 0 Å². The summed E-state index contributed by atoms with van der Waals surface area (Å²) >= 11 is 6.33. The van der Waals surface area contributed by atoms with Crippen molar-refractivity contribution in [3.05, 3.63) is 65.2 Å². The number of methoxy groups -OCH3 is 1. The Morgan fingerprint density at radius 1 is 1.06 bits per heavy atom. The second-order valence-electron chi connectivity index (χ2n) is 3.90. The Balaban J connectivity index is 1.99. The van der Waals surface area contributed by atoms with Gasteiger partial charge < -0.3 is 0 Å². The first kappa shape index (κ1) is 13.6. The zero-order valence-corrected chi connectivity index (χ0v) is 12.6. The zero-order chi connectivity index (χ0) is 12.8. The van der Waals surface area contributed by atoms with E-state index in [0.29, 0.717) is 15.0 Å². The SMILES string of the molecule is COC(C[Se]c1ccccc1)c1ccc(Cl)cc1. The van der Waals surface area contributed by atoms with Crippen LogP contribution in [0.1, 0.15) is 11.7 Å². The molecule has 0 aliphatic carbocycles. The normalized spacial score (nSPS) is 12.3. The molecular weight excluding hydrogens is 311 g/mol. The summed E-state index contributed by atoms with van der Waals surface area (Å²) in [6.07, 6.45) is 0.155. The average Bonchev–Trinajstić information content (AvgIpc) is 2.42. The molecule has 2 rings (SSSR count). The number of halogens is 1. The van der Waals surface area contributed by atoms with Gasteiger partial charge in [0, 0.05) is 0 Å². The third kappa shape index (κ3) is 3.86. The molecule has 18 heavy (non-hydrogen) atoms. The number of ether oxygens (including phenoxy) is 1. The van der Waals surface area contributed by atoms with Crippen molar-refractivity contribution in [2.75, 3.05) is 7.11 Å². The molecule has 0 saturated heterocycles. The van der Waals surface area contributed by atoms with E-state index in [0.717, 1.165) is 10.3 Å². The molecule has 0 aromatic heterocycles. The number of rotatable bonds is 5. The van der Waals surface area contributed by atoms with Crippen LogP contribution < -0.4 is 4.46 Å². The van der Waals surface area contributed by atoms with E-state index in [4.69, 9.17) is 16.3 Å². The molecular formula is C15H15ClOSe. The van der Waals surface area contributed by atoms with E-state index in [9.17, 15) is 0 Å². The van der Waals surface area contributed by atoms with Gasteiger partial charge in [-0.2, -0.15) is 0 Å². The van der Waals surface area contributed by atoms with Crippen LogP contribution in [0.4, 0.5) is 0 Å². The summed E-state index contributed by atoms with van der Waals surface area (Å²) in [7, 11) is 1.76. The molecule has 0 amide bonds. The second-order valence-corrected chi connectivity index (χ2v) is 6.63. The first-order valence-corrected chi connectivity index (χ1v) is 8.20. The molecule has 0 saturated carbocycles. The van der Waals surface area contributed by atoms with E-state index in [1.165, 1.54) is 10.0 Å². The maximum atomic E-state index is 5.90. The van der Waals surface area contributed by atoms with Crippen molar-refractivity contribution in [3.8, 4) is 0 Å². The Morgan fingerprint density at radius 2 is 1.72 bits per heavy atom. The van der Waals surface area contributed by atoms with Gasteiger partial charge in [-0.3, -0.25) is 0 Å². The van der Waals surface area contributed by atoms with Gasteiger partial charge in [-0.1, -0.05) is 0 Å². The molecule has 94 valence electrons. The molecule has 0 N–H and O–H groups in total. The monoisotopic (exact) mass is 326 g/mol. The molecule has 0 heterocycles. The Labute approximate surface area is 119 Å². The molecule has 0 aliphatic heterocycles. The van der Waals surface area contributed by atoms with Crippen molar-refractivity contribution in [1.29, 1.82) is 0 Å². The van der Waals surface area contributed by atoms with E-state index in [-0.39, 0.29) is 6.10 Å². The fraction of sp³-hybridized carbons (Fsp3) is 0.200. The van der Waals surface area contributed by atoms with Gasteiger partial charge in [0.2, 0.25) is 0 Å². The Hall–Kier alpha value is -0.791. The van der Waals surface area contributed by atoms with E-state index < -0.39 is 0 Å². The summed E-state index contributed by atoms with van der Waals surface area (Å²) in [5.41, 5.74) is 1.19. The van der Waals surface area contributed by atoms with Gasteiger partial charge in [0.15, 0.2) is 0 Å². The number of benzene rings is 2. The number of hydrogen-bond acceptors (Lipinski definition) is 1. The third-order valence-electron chi connectivity index (χ3n) is 2.67. The van der Waals surface area contributed by atoms with Crippen LogP contribution in [0.15, 0.2) is 54.6 Å². The topological polar surface area (TPSA) is 9.23 Å². The van der Waals surface area contributed by atoms with Crippen molar-refractivity contribution in [2.24, 2.45) is 0 Å². The van der Waals surface area contributed by atoms with Crippen LogP contribution in [0.2, 0.25) is 10.3 Å². The van der Waals surface area contributed by atoms with Crippen LogP contribution in [-0.4, -0.2) is 22.1 Å². The van der Waals surface area contributed by atoms with Gasteiger partial charge >= 0.3 is 119 Å². The molecule has 2 aromatic carbocycles. The van der Waals surface area contributed by atoms with E-state index in [1.807, 2.05) is 30.3 Å². The Bertz CT molecular complexity index is 470. The van der Waals surface area contributed by atoms with Crippen LogP contribution in [0.5, 0.6) is 0 Å². The van der Waals surface area contributed by atoms with Crippen molar-refractivity contribution in [2.45, 2.75) is 11.4 Å². The minimum atomic E-state index is 0.155. The van der Waals surface area contributed by atoms with Crippen LogP contribution in [0, 0.1) is 0 Å². The molecule has 0 radical (unpaired) electrons. The van der Waals surface area contributed by atoms with Gasteiger partial charge in [0.1, 0.15) is 0 Å². The van der Waals surface area contributed by atoms with Crippen molar-refractivity contribution >= 4 is 31.0 Å². The van der Waals surface area contributed by atoms with Gasteiger partial charge in [0.25, 0.3) is 0 Å². The Morgan fingerprint density at radius 3 is 2.33 bits per heavy atom.